The molecule has 1 rings (SSSR count). The molecule has 0 saturated heterocycles. The minimum absolute atomic E-state index is 0.218. The fourth-order valence-corrected chi connectivity index (χ4v) is 1.79. The summed E-state index contributed by atoms with van der Waals surface area (Å²) in [5, 5.41) is 12.4. The molecule has 0 saturated carbocycles. The Morgan fingerprint density at radius 1 is 1.39 bits per heavy atom. The summed E-state index contributed by atoms with van der Waals surface area (Å²) in [6, 6.07) is 10.5. The van der Waals surface area contributed by atoms with Gasteiger partial charge in [0.2, 0.25) is 0 Å². The molecule has 0 spiro atoms. The Morgan fingerprint density at radius 2 is 2.06 bits per heavy atom. The minimum atomic E-state index is -0.270. The van der Waals surface area contributed by atoms with Gasteiger partial charge in [0, 0.05) is 11.6 Å². The molecule has 0 radical (unpaired) electrons. The predicted octanol–water partition coefficient (Wildman–Crippen LogP) is 3.29. The number of rotatable bonds is 6. The number of para-hydroxylation sites is 1. The van der Waals surface area contributed by atoms with Crippen LogP contribution in [-0.4, -0.2) is 13.7 Å². The van der Waals surface area contributed by atoms with Crippen LogP contribution in [0.2, 0.25) is 0 Å². The molecule has 0 bridgehead atoms. The minimum Gasteiger partial charge on any atom is -0.496 e. The van der Waals surface area contributed by atoms with Crippen LogP contribution in [0.4, 0.5) is 0 Å². The lowest BCUT2D eigenvalue weighted by Crippen LogP contribution is -2.24. The van der Waals surface area contributed by atoms with E-state index in [2.05, 4.69) is 24.4 Å². The van der Waals surface area contributed by atoms with Gasteiger partial charge < -0.3 is 10.1 Å². The number of nitriles is 1. The lowest BCUT2D eigenvalue weighted by Gasteiger charge is -2.20. The highest BCUT2D eigenvalue weighted by Gasteiger charge is 2.17. The summed E-state index contributed by atoms with van der Waals surface area (Å²) in [7, 11) is 1.68. The molecule has 0 heterocycles. The van der Waals surface area contributed by atoms with Crippen LogP contribution in [0.1, 0.15) is 38.8 Å². The van der Waals surface area contributed by atoms with Crippen molar-refractivity contribution in [3.05, 3.63) is 29.8 Å². The second-order valence-corrected chi connectivity index (χ2v) is 5.16. The summed E-state index contributed by atoms with van der Waals surface area (Å²) in [6.45, 7) is 6.85. The number of benzene rings is 1. The average molecular weight is 246 g/mol. The fraction of sp³-hybridized carbons (Fsp3) is 0.533. The van der Waals surface area contributed by atoms with E-state index < -0.39 is 0 Å². The average Bonchev–Trinajstić information content (AvgIpc) is 2.38. The first kappa shape index (κ1) is 14.5. The number of hydrogen-bond acceptors (Lipinski definition) is 3. The maximum Gasteiger partial charge on any atom is 0.123 e. The van der Waals surface area contributed by atoms with Crippen molar-refractivity contribution in [1.29, 1.82) is 5.26 Å². The molecule has 1 aromatic rings. The summed E-state index contributed by atoms with van der Waals surface area (Å²) in [6.07, 6.45) is 0.836. The third kappa shape index (κ3) is 4.05. The molecule has 18 heavy (non-hydrogen) atoms. The molecule has 3 nitrogen and oxygen atoms in total. The van der Waals surface area contributed by atoms with Gasteiger partial charge in [-0.25, -0.2) is 0 Å². The van der Waals surface area contributed by atoms with Crippen LogP contribution >= 0.6 is 0 Å². The summed E-state index contributed by atoms with van der Waals surface area (Å²) < 4.78 is 5.34. The second kappa shape index (κ2) is 6.42. The maximum atomic E-state index is 8.96. The normalized spacial score (nSPS) is 12.8. The number of nitrogens with zero attached hydrogens (tertiary/aromatic N) is 1. The van der Waals surface area contributed by atoms with E-state index in [0.717, 1.165) is 24.3 Å². The molecular formula is C15H22N2O. The van der Waals surface area contributed by atoms with Crippen LogP contribution < -0.4 is 10.1 Å². The highest BCUT2D eigenvalue weighted by atomic mass is 16.5. The Kier molecular flexibility index (Phi) is 5.18. The van der Waals surface area contributed by atoms with Crippen molar-refractivity contribution in [2.24, 2.45) is 5.41 Å². The van der Waals surface area contributed by atoms with E-state index in [1.807, 2.05) is 32.0 Å². The van der Waals surface area contributed by atoms with Crippen molar-refractivity contribution in [3.8, 4) is 11.8 Å². The lowest BCUT2D eigenvalue weighted by atomic mass is 9.91. The molecule has 0 fully saturated rings. The van der Waals surface area contributed by atoms with Crippen molar-refractivity contribution in [2.75, 3.05) is 13.7 Å². The predicted molar refractivity (Wildman–Crippen MR) is 73.4 cm³/mol. The third-order valence-corrected chi connectivity index (χ3v) is 3.11. The van der Waals surface area contributed by atoms with Gasteiger partial charge in [-0.15, -0.1) is 0 Å². The zero-order valence-electron chi connectivity index (χ0n) is 11.7. The van der Waals surface area contributed by atoms with Crippen molar-refractivity contribution in [1.82, 2.24) is 5.32 Å². The molecule has 0 amide bonds. The van der Waals surface area contributed by atoms with Crippen LogP contribution in [0, 0.1) is 16.7 Å². The summed E-state index contributed by atoms with van der Waals surface area (Å²) in [4.78, 5) is 0. The van der Waals surface area contributed by atoms with Crippen LogP contribution in [0.25, 0.3) is 0 Å². The van der Waals surface area contributed by atoms with Crippen molar-refractivity contribution >= 4 is 0 Å². The highest BCUT2D eigenvalue weighted by molar-refractivity contribution is 5.35. The Morgan fingerprint density at radius 3 is 2.67 bits per heavy atom. The first-order valence-electron chi connectivity index (χ1n) is 6.28. The molecule has 0 aliphatic carbocycles. The molecule has 98 valence electrons. The molecule has 0 unspecified atom stereocenters. The van der Waals surface area contributed by atoms with Gasteiger partial charge >= 0.3 is 0 Å². The topological polar surface area (TPSA) is 45.0 Å². The van der Waals surface area contributed by atoms with Crippen molar-refractivity contribution < 1.29 is 4.74 Å². The van der Waals surface area contributed by atoms with Gasteiger partial charge in [0.25, 0.3) is 0 Å². The van der Waals surface area contributed by atoms with Gasteiger partial charge in [-0.2, -0.15) is 5.26 Å². The van der Waals surface area contributed by atoms with E-state index in [1.165, 1.54) is 0 Å². The first-order valence-corrected chi connectivity index (χ1v) is 6.28. The van der Waals surface area contributed by atoms with Gasteiger partial charge in [0.1, 0.15) is 5.75 Å². The molecule has 0 aliphatic rings. The first-order chi connectivity index (χ1) is 8.50. The fourth-order valence-electron chi connectivity index (χ4n) is 1.79. The van der Waals surface area contributed by atoms with E-state index in [0.29, 0.717) is 0 Å². The molecule has 3 heteroatoms. The Bertz CT molecular complexity index is 421. The lowest BCUT2D eigenvalue weighted by molar-refractivity contribution is 0.391. The quantitative estimate of drug-likeness (QED) is 0.837. The SMILES string of the molecule is COc1ccccc1[C@@H](C)NCCC(C)(C)C#N. The number of hydrogen-bond donors (Lipinski definition) is 1. The summed E-state index contributed by atoms with van der Waals surface area (Å²) >= 11 is 0. The molecule has 1 aromatic carbocycles. The number of methoxy groups -OCH3 is 1. The Hall–Kier alpha value is -1.53. The highest BCUT2D eigenvalue weighted by Crippen LogP contribution is 2.25. The second-order valence-electron chi connectivity index (χ2n) is 5.16. The Labute approximate surface area is 110 Å². The van der Waals surface area contributed by atoms with Crippen LogP contribution in [-0.2, 0) is 0 Å². The van der Waals surface area contributed by atoms with Gasteiger partial charge in [-0.1, -0.05) is 18.2 Å². The van der Waals surface area contributed by atoms with Gasteiger partial charge in [-0.05, 0) is 39.8 Å². The van der Waals surface area contributed by atoms with E-state index in [9.17, 15) is 0 Å². The molecule has 0 aliphatic heterocycles. The maximum absolute atomic E-state index is 8.96. The Balaban J connectivity index is 2.56. The van der Waals surface area contributed by atoms with E-state index in [-0.39, 0.29) is 11.5 Å². The van der Waals surface area contributed by atoms with Crippen LogP contribution in [0.3, 0.4) is 0 Å². The zero-order valence-corrected chi connectivity index (χ0v) is 11.7. The van der Waals surface area contributed by atoms with Crippen molar-refractivity contribution in [3.63, 3.8) is 0 Å². The van der Waals surface area contributed by atoms with Gasteiger partial charge in [0.15, 0.2) is 0 Å². The van der Waals surface area contributed by atoms with E-state index in [4.69, 9.17) is 10.00 Å². The molecular weight excluding hydrogens is 224 g/mol. The van der Waals surface area contributed by atoms with Crippen LogP contribution in [0.5, 0.6) is 5.75 Å². The number of ether oxygens (including phenoxy) is 1. The zero-order chi connectivity index (χ0) is 13.6. The summed E-state index contributed by atoms with van der Waals surface area (Å²) in [5.41, 5.74) is 0.878. The van der Waals surface area contributed by atoms with E-state index in [1.54, 1.807) is 7.11 Å². The molecule has 1 N–H and O–H groups in total. The van der Waals surface area contributed by atoms with Crippen molar-refractivity contribution in [2.45, 2.75) is 33.2 Å². The van der Waals surface area contributed by atoms with Gasteiger partial charge in [-0.3, -0.25) is 0 Å². The molecule has 0 aromatic heterocycles. The monoisotopic (exact) mass is 246 g/mol. The van der Waals surface area contributed by atoms with Crippen LogP contribution in [0.15, 0.2) is 24.3 Å². The van der Waals surface area contributed by atoms with E-state index >= 15 is 0 Å². The molecule has 1 atom stereocenters. The van der Waals surface area contributed by atoms with Gasteiger partial charge in [0.05, 0.1) is 18.6 Å². The standard InChI is InChI=1S/C15H22N2O/c1-12(17-10-9-15(2,3)11-16)13-7-5-6-8-14(13)18-4/h5-8,12,17H,9-10H2,1-4H3/t12-/m1/s1. The summed E-state index contributed by atoms with van der Waals surface area (Å²) in [5.74, 6) is 0.900. The third-order valence-electron chi connectivity index (χ3n) is 3.11. The smallest absolute Gasteiger partial charge is 0.123 e. The number of nitrogens with one attached hydrogen (secondary N) is 1. The largest absolute Gasteiger partial charge is 0.496 e.